The Morgan fingerprint density at radius 3 is 2.49 bits per heavy atom. The first kappa shape index (κ1) is 37.3. The monoisotopic (exact) mass is 820 g/mol. The number of ether oxygens (including phenoxy) is 1. The van der Waals surface area contributed by atoms with E-state index in [1.807, 2.05) is 117 Å². The lowest BCUT2D eigenvalue weighted by Gasteiger charge is -2.37. The number of halogens is 1. The molecule has 0 bridgehead atoms. The second-order valence-corrected chi connectivity index (χ2v) is 20.6. The van der Waals surface area contributed by atoms with Crippen LogP contribution in [0.2, 0.25) is 18.6 Å². The number of nitrogens with one attached hydrogen (secondary N) is 2. The number of anilines is 2. The zero-order valence-corrected chi connectivity index (χ0v) is 33.7. The Hall–Kier alpha value is -4.59. The van der Waals surface area contributed by atoms with Crippen molar-refractivity contribution in [1.82, 2.24) is 9.88 Å². The fraction of sp³-hybridized carbons (Fsp3) is 0.326. The third-order valence-corrected chi connectivity index (χ3v) is 14.8. The minimum atomic E-state index is -3.02. The van der Waals surface area contributed by atoms with Gasteiger partial charge in [0.05, 0.1) is 43.8 Å². The van der Waals surface area contributed by atoms with Crippen LogP contribution in [0.1, 0.15) is 41.2 Å². The molecule has 12 heteroatoms. The van der Waals surface area contributed by atoms with Crippen LogP contribution in [0.4, 0.5) is 11.4 Å². The number of para-hydroxylation sites is 1. The highest BCUT2D eigenvalue weighted by Crippen LogP contribution is 2.60. The number of aromatic amines is 1. The van der Waals surface area contributed by atoms with Gasteiger partial charge in [0.15, 0.2) is 13.9 Å². The Kier molecular flexibility index (Phi) is 9.83. The predicted molar refractivity (Wildman–Crippen MR) is 218 cm³/mol. The van der Waals surface area contributed by atoms with Crippen LogP contribution in [0.25, 0.3) is 10.9 Å². The minimum Gasteiger partial charge on any atom is -0.432 e. The summed E-state index contributed by atoms with van der Waals surface area (Å²) in [5.41, 5.74) is 5.18. The lowest BCUT2D eigenvalue weighted by atomic mass is 9.82. The molecule has 1 saturated heterocycles. The maximum Gasteiger partial charge on any atom is 0.264 e. The fourth-order valence-electron chi connectivity index (χ4n) is 9.27. The molecule has 1 aromatic heterocycles. The van der Waals surface area contributed by atoms with Crippen molar-refractivity contribution < 1.29 is 29.0 Å². The number of aromatic nitrogens is 1. The van der Waals surface area contributed by atoms with Crippen molar-refractivity contribution >= 4 is 64.2 Å². The first-order valence-corrected chi connectivity index (χ1v) is 22.6. The first-order chi connectivity index (χ1) is 26.4. The molecule has 0 saturated carbocycles. The molecule has 4 heterocycles. The van der Waals surface area contributed by atoms with Crippen molar-refractivity contribution in [3.05, 3.63) is 129 Å². The topological polar surface area (TPSA) is 135 Å². The molecule has 3 aliphatic rings. The molecule has 5 atom stereocenters. The number of amides is 3. The van der Waals surface area contributed by atoms with Crippen LogP contribution in [0, 0.1) is 5.92 Å². The molecule has 3 aliphatic heterocycles. The predicted octanol–water partition coefficient (Wildman–Crippen LogP) is 6.79. The molecule has 10 nitrogen and oxygen atoms in total. The van der Waals surface area contributed by atoms with Gasteiger partial charge in [-0.2, -0.15) is 0 Å². The number of aliphatic hydroxyl groups is 1. The van der Waals surface area contributed by atoms with Gasteiger partial charge in [-0.1, -0.05) is 77.5 Å². The van der Waals surface area contributed by atoms with E-state index in [-0.39, 0.29) is 49.8 Å². The van der Waals surface area contributed by atoms with Gasteiger partial charge in [-0.25, -0.2) is 0 Å². The van der Waals surface area contributed by atoms with Gasteiger partial charge in [0.1, 0.15) is 0 Å². The van der Waals surface area contributed by atoms with Crippen LogP contribution in [-0.4, -0.2) is 64.6 Å². The van der Waals surface area contributed by atoms with E-state index in [0.29, 0.717) is 29.9 Å². The molecule has 55 heavy (non-hydrogen) atoms. The number of aliphatic hydroxyl groups excluding tert-OH is 1. The Labute approximate surface area is 329 Å². The molecule has 1 spiro atoms. The van der Waals surface area contributed by atoms with Gasteiger partial charge < -0.3 is 34.7 Å². The van der Waals surface area contributed by atoms with Gasteiger partial charge in [-0.05, 0) is 78.2 Å². The second-order valence-electron chi connectivity index (χ2n) is 15.7. The van der Waals surface area contributed by atoms with E-state index in [1.165, 1.54) is 0 Å². The average Bonchev–Trinajstić information content (AvgIpc) is 3.78. The zero-order chi connectivity index (χ0) is 38.6. The van der Waals surface area contributed by atoms with Crippen molar-refractivity contribution in [2.75, 3.05) is 16.8 Å². The average molecular weight is 822 g/mol. The van der Waals surface area contributed by atoms with Crippen LogP contribution in [0.3, 0.4) is 0 Å². The largest absolute Gasteiger partial charge is 0.432 e. The normalized spacial score (nSPS) is 23.3. The summed E-state index contributed by atoms with van der Waals surface area (Å²) in [5, 5.41) is 14.3. The number of benzene rings is 4. The van der Waals surface area contributed by atoms with Crippen LogP contribution in [0.15, 0.2) is 102 Å². The number of fused-ring (bicyclic) bond motifs is 4. The van der Waals surface area contributed by atoms with E-state index >= 15 is 0 Å². The molecule has 0 radical (unpaired) electrons. The fourth-order valence-corrected chi connectivity index (χ4v) is 12.2. The number of H-pyrrole nitrogens is 1. The number of rotatable bonds is 9. The molecule has 1 fully saturated rings. The van der Waals surface area contributed by atoms with E-state index in [9.17, 15) is 24.3 Å². The van der Waals surface area contributed by atoms with Gasteiger partial charge in [0, 0.05) is 50.8 Å². The lowest BCUT2D eigenvalue weighted by Crippen LogP contribution is -2.48. The molecule has 0 unspecified atom stereocenters. The Morgan fingerprint density at radius 1 is 1.02 bits per heavy atom. The Balaban J connectivity index is 1.03. The maximum absolute atomic E-state index is 14.9. The summed E-state index contributed by atoms with van der Waals surface area (Å²) in [5.74, 6) is -0.970. The third kappa shape index (κ3) is 6.73. The number of carbonyl (C=O) groups is 3. The zero-order valence-electron chi connectivity index (χ0n) is 31.1. The van der Waals surface area contributed by atoms with Crippen molar-refractivity contribution in [2.45, 2.75) is 75.7 Å². The molecular weight excluding hydrogens is 776 g/mol. The maximum atomic E-state index is 14.9. The molecule has 4 aromatic carbocycles. The number of nitrogens with zero attached hydrogens (tertiary/aromatic N) is 2. The van der Waals surface area contributed by atoms with Crippen molar-refractivity contribution in [1.29, 1.82) is 0 Å². The summed E-state index contributed by atoms with van der Waals surface area (Å²) >= 11 is 3.62. The van der Waals surface area contributed by atoms with E-state index < -0.39 is 31.5 Å². The van der Waals surface area contributed by atoms with Crippen LogP contribution >= 0.6 is 15.9 Å². The van der Waals surface area contributed by atoms with Gasteiger partial charge in [0.25, 0.3) is 5.91 Å². The Bertz CT molecular complexity index is 2290. The van der Waals surface area contributed by atoms with Crippen molar-refractivity contribution in [3.8, 4) is 0 Å². The van der Waals surface area contributed by atoms with Crippen LogP contribution in [0.5, 0.6) is 0 Å². The van der Waals surface area contributed by atoms with E-state index in [4.69, 9.17) is 4.74 Å². The SMILES string of the molecule is C[C@@H]1[C@@H]([Si](C)(C)O)[C@H](CC(=O)N2Cc3ccccc3C[C@H]2CO)O[C@@]12C(=O)N(Cc1ccc(NC(=O)Cc3c[nH]c4ccccc34)cc1)c1ccc(Br)cc12. The Morgan fingerprint density at radius 2 is 1.75 bits per heavy atom. The second kappa shape index (κ2) is 14.5. The summed E-state index contributed by atoms with van der Waals surface area (Å²) in [6, 6.07) is 28.7. The summed E-state index contributed by atoms with van der Waals surface area (Å²) < 4.78 is 7.75. The van der Waals surface area contributed by atoms with Crippen LogP contribution < -0.4 is 10.2 Å². The van der Waals surface area contributed by atoms with Crippen LogP contribution in [-0.2, 0) is 50.7 Å². The summed E-state index contributed by atoms with van der Waals surface area (Å²) in [4.78, 5) is 60.5. The molecule has 284 valence electrons. The minimum absolute atomic E-state index is 0.0173. The van der Waals surface area contributed by atoms with Crippen molar-refractivity contribution in [2.24, 2.45) is 5.92 Å². The van der Waals surface area contributed by atoms with E-state index in [1.54, 1.807) is 9.80 Å². The molecular formula is C43H45BrN4O6Si. The summed E-state index contributed by atoms with van der Waals surface area (Å²) in [6.07, 6.45) is 1.92. The van der Waals surface area contributed by atoms with E-state index in [2.05, 4.69) is 26.2 Å². The highest BCUT2D eigenvalue weighted by molar-refractivity contribution is 9.10. The molecule has 0 aliphatic carbocycles. The quantitative estimate of drug-likeness (QED) is 0.121. The highest BCUT2D eigenvalue weighted by atomic mass is 79.9. The van der Waals surface area contributed by atoms with E-state index in [0.717, 1.165) is 37.6 Å². The summed E-state index contributed by atoms with van der Waals surface area (Å²) in [6.45, 7) is 6.14. The van der Waals surface area contributed by atoms with Gasteiger partial charge in [-0.3, -0.25) is 14.4 Å². The third-order valence-electron chi connectivity index (χ3n) is 11.8. The highest BCUT2D eigenvalue weighted by Gasteiger charge is 2.66. The van der Waals surface area contributed by atoms with Gasteiger partial charge in [-0.15, -0.1) is 0 Å². The smallest absolute Gasteiger partial charge is 0.264 e. The number of hydrogen-bond donors (Lipinski definition) is 4. The standard InChI is InChI=1S/C43H45BrN4O6Si/c1-26-41(55(2,3)53)38(21-40(51)47-24-29-9-5-4-8-28(29)18-33(47)25-49)54-43(26)35-20-31(44)14-17-37(35)48(42(43)52)23-27-12-15-32(16-13-27)46-39(50)19-30-22-45-36-11-7-6-10-34(30)36/h4-17,20,22,26,33,38,41,45,49,53H,18-19,21,23-25H2,1-3H3,(H,46,50)/t26-,33+,38+,41-,43+/m1/s1. The van der Waals surface area contributed by atoms with Gasteiger partial charge in [0.2, 0.25) is 11.8 Å². The number of hydrogen-bond acceptors (Lipinski definition) is 6. The first-order valence-electron chi connectivity index (χ1n) is 18.8. The molecule has 3 amide bonds. The molecule has 4 N–H and O–H groups in total. The summed E-state index contributed by atoms with van der Waals surface area (Å²) in [7, 11) is -3.02. The molecule has 5 aromatic rings. The molecule has 8 rings (SSSR count). The number of carbonyl (C=O) groups excluding carboxylic acids is 3. The lowest BCUT2D eigenvalue weighted by molar-refractivity contribution is -0.151. The van der Waals surface area contributed by atoms with Gasteiger partial charge >= 0.3 is 0 Å². The van der Waals surface area contributed by atoms with Crippen molar-refractivity contribution in [3.63, 3.8) is 0 Å².